The van der Waals surface area contributed by atoms with Crippen LogP contribution in [0.2, 0.25) is 0 Å². The second-order valence-electron chi connectivity index (χ2n) is 16.4. The van der Waals surface area contributed by atoms with E-state index in [2.05, 4.69) is 18.7 Å². The van der Waals surface area contributed by atoms with Gasteiger partial charge in [-0.15, -0.1) is 18.3 Å². The first-order valence-electron chi connectivity index (χ1n) is 21.9. The molecule has 2 aliphatic carbocycles. The molecule has 7 rings (SSSR count). The Bertz CT molecular complexity index is 2320. The van der Waals surface area contributed by atoms with E-state index >= 15 is 0 Å². The number of hydrogen-bond donors (Lipinski definition) is 2. The normalized spacial score (nSPS) is 22.8. The lowest BCUT2D eigenvalue weighted by molar-refractivity contribution is -0.384. The number of aliphatic hydroxyl groups is 2. The van der Waals surface area contributed by atoms with Gasteiger partial charge < -0.3 is 34.2 Å². The summed E-state index contributed by atoms with van der Waals surface area (Å²) >= 11 is 1.66. The van der Waals surface area contributed by atoms with Crippen molar-refractivity contribution in [2.24, 2.45) is 22.9 Å². The summed E-state index contributed by atoms with van der Waals surface area (Å²) in [7, 11) is 1.73. The molecule has 0 unspecified atom stereocenters. The van der Waals surface area contributed by atoms with Crippen molar-refractivity contribution in [2.75, 3.05) is 33.1 Å². The number of ether oxygens (including phenoxy) is 3. The first-order valence-corrected chi connectivity index (χ1v) is 23.2. The molecule has 0 saturated heterocycles. The van der Waals surface area contributed by atoms with Crippen molar-refractivity contribution in [2.45, 2.75) is 74.2 Å². The van der Waals surface area contributed by atoms with Gasteiger partial charge in [-0.1, -0.05) is 60.5 Å². The van der Waals surface area contributed by atoms with Crippen molar-refractivity contribution in [1.82, 2.24) is 4.90 Å². The second kappa shape index (κ2) is 21.8. The highest BCUT2D eigenvalue weighted by Crippen LogP contribution is 2.62. The fraction of sp³-hybridized carbons (Fsp3) is 0.373. The van der Waals surface area contributed by atoms with Crippen LogP contribution in [0.4, 0.5) is 5.69 Å². The van der Waals surface area contributed by atoms with Gasteiger partial charge in [0.1, 0.15) is 29.9 Å². The van der Waals surface area contributed by atoms with Crippen LogP contribution in [-0.2, 0) is 21.0 Å². The predicted molar refractivity (Wildman–Crippen MR) is 249 cm³/mol. The van der Waals surface area contributed by atoms with Gasteiger partial charge in [0, 0.05) is 61.3 Å². The molecule has 0 spiro atoms. The smallest absolute Gasteiger partial charge is 0.269 e. The van der Waals surface area contributed by atoms with Crippen molar-refractivity contribution in [3.05, 3.63) is 154 Å². The van der Waals surface area contributed by atoms with Crippen LogP contribution in [0.25, 0.3) is 6.08 Å². The van der Waals surface area contributed by atoms with Crippen molar-refractivity contribution in [3.63, 3.8) is 0 Å². The standard InChI is InChI=1S/C51H57N3O9S/c1-4-30-60-51-47(53(2)48(57)27-18-35-16-19-38(20-17-35)54(58)59)33-45(52-61-34-36-12-6-5-7-13-36)43-31-37(14-8-10-28-55)42(15-9-11-29-56)49(50(43)51)44-32-40(23-26-46(44)63-51)62-39-21-24-41(64-3)25-22-39/h4-7,12-13,16-27,31-32,37,42,47,49-50,55-56H,1,8-11,14-15,28-30,33-34H2,2-3H3/t37-,42+,47-,49+,50+,51+/m0/s1. The molecule has 1 amide bonds. The Morgan fingerprint density at radius 2 is 1.70 bits per heavy atom. The summed E-state index contributed by atoms with van der Waals surface area (Å²) in [5.74, 6) is -0.405. The highest BCUT2D eigenvalue weighted by Gasteiger charge is 2.65. The summed E-state index contributed by atoms with van der Waals surface area (Å²) in [5.41, 5.74) is 4.10. The lowest BCUT2D eigenvalue weighted by atomic mass is 9.55. The number of nitrogens with zero attached hydrogens (tertiary/aromatic N) is 3. The Morgan fingerprint density at radius 1 is 0.984 bits per heavy atom. The lowest BCUT2D eigenvalue weighted by Crippen LogP contribution is -2.69. The van der Waals surface area contributed by atoms with Gasteiger partial charge in [0.05, 0.1) is 23.2 Å². The van der Waals surface area contributed by atoms with Crippen molar-refractivity contribution >= 4 is 35.1 Å². The van der Waals surface area contributed by atoms with Gasteiger partial charge in [-0.2, -0.15) is 0 Å². The number of benzene rings is 4. The third-order valence-corrected chi connectivity index (χ3v) is 13.3. The number of likely N-dealkylation sites (N-methyl/N-ethyl adjacent to an activating group) is 1. The van der Waals surface area contributed by atoms with Crippen LogP contribution in [0.15, 0.2) is 137 Å². The molecule has 4 aromatic carbocycles. The average Bonchev–Trinajstić information content (AvgIpc) is 3.32. The number of rotatable bonds is 21. The second-order valence-corrected chi connectivity index (χ2v) is 17.3. The quantitative estimate of drug-likeness (QED) is 0.0206. The molecule has 1 heterocycles. The van der Waals surface area contributed by atoms with Crippen LogP contribution >= 0.6 is 11.8 Å². The number of oxime groups is 1. The highest BCUT2D eigenvalue weighted by molar-refractivity contribution is 7.98. The lowest BCUT2D eigenvalue weighted by Gasteiger charge is -2.59. The number of fused-ring (bicyclic) bond motifs is 2. The summed E-state index contributed by atoms with van der Waals surface area (Å²) in [6.45, 7) is 4.55. The third-order valence-electron chi connectivity index (χ3n) is 12.5. The van der Waals surface area contributed by atoms with Gasteiger partial charge in [-0.3, -0.25) is 14.9 Å². The van der Waals surface area contributed by atoms with Crippen LogP contribution in [0.1, 0.15) is 67.6 Å². The summed E-state index contributed by atoms with van der Waals surface area (Å²) in [6, 6.07) is 29.0. The van der Waals surface area contributed by atoms with Gasteiger partial charge >= 0.3 is 0 Å². The topological polar surface area (TPSA) is 153 Å². The molecule has 2 N–H and O–H groups in total. The van der Waals surface area contributed by atoms with E-state index in [4.69, 9.17) is 24.2 Å². The van der Waals surface area contributed by atoms with Gasteiger partial charge in [-0.05, 0) is 121 Å². The number of aliphatic hydroxyl groups excluding tert-OH is 2. The molecule has 0 aromatic heterocycles. The molecule has 1 saturated carbocycles. The first kappa shape index (κ1) is 46.3. The fourth-order valence-electron chi connectivity index (χ4n) is 9.48. The monoisotopic (exact) mass is 887 g/mol. The maximum atomic E-state index is 14.4. The number of nitro benzene ring substituents is 1. The highest BCUT2D eigenvalue weighted by atomic mass is 32.2. The van der Waals surface area contributed by atoms with E-state index in [0.29, 0.717) is 41.4 Å². The molecular weight excluding hydrogens is 831 g/mol. The minimum atomic E-state index is -1.43. The van der Waals surface area contributed by atoms with Crippen LogP contribution in [0.5, 0.6) is 17.2 Å². The average molecular weight is 888 g/mol. The Kier molecular flexibility index (Phi) is 15.7. The fourth-order valence-corrected chi connectivity index (χ4v) is 9.88. The number of non-ortho nitro benzene ring substituents is 1. The first-order chi connectivity index (χ1) is 31.2. The number of unbranched alkanes of at least 4 members (excludes halogenated alkanes) is 2. The molecule has 12 nitrogen and oxygen atoms in total. The number of carbonyl (C=O) groups excluding carboxylic acids is 1. The molecule has 13 heteroatoms. The van der Waals surface area contributed by atoms with Gasteiger partial charge in [0.25, 0.3) is 5.69 Å². The van der Waals surface area contributed by atoms with Gasteiger partial charge in [-0.25, -0.2) is 0 Å². The molecule has 0 bridgehead atoms. The third kappa shape index (κ3) is 10.4. The molecule has 1 fully saturated rings. The minimum Gasteiger partial charge on any atom is -0.459 e. The van der Waals surface area contributed by atoms with E-state index in [1.807, 2.05) is 73.0 Å². The van der Waals surface area contributed by atoms with Crippen molar-refractivity contribution in [3.8, 4) is 17.2 Å². The van der Waals surface area contributed by atoms with E-state index in [1.165, 1.54) is 18.2 Å². The number of allylic oxidation sites excluding steroid dienone is 1. The molecule has 4 aromatic rings. The summed E-state index contributed by atoms with van der Waals surface area (Å²) in [5, 5.41) is 36.1. The molecular formula is C51H57N3O9S. The molecule has 3 aliphatic rings. The van der Waals surface area contributed by atoms with Crippen LogP contribution in [-0.4, -0.2) is 76.6 Å². The zero-order valence-corrected chi connectivity index (χ0v) is 37.2. The van der Waals surface area contributed by atoms with E-state index in [1.54, 1.807) is 48.0 Å². The SMILES string of the molecule is C=CCO[C@@]12Oc3ccc(Oc4ccc(SC)cc4)cc3[C@H]3[C@H](CCCCO)[C@@H](CCCCO)C=C(C(=NOCc4ccccc4)C[C@@H]1N(C)C(=O)C=Cc1ccc([N+](=O)[O-])cc1)[C@H]32. The Balaban J connectivity index is 1.38. The van der Waals surface area contributed by atoms with Crippen molar-refractivity contribution in [1.29, 1.82) is 0 Å². The molecule has 64 heavy (non-hydrogen) atoms. The van der Waals surface area contributed by atoms with Gasteiger partial charge in [0.2, 0.25) is 11.7 Å². The molecule has 1 aliphatic heterocycles. The number of hydrogen-bond acceptors (Lipinski definition) is 11. The van der Waals surface area contributed by atoms with Gasteiger partial charge in [0.15, 0.2) is 0 Å². The van der Waals surface area contributed by atoms with E-state index in [9.17, 15) is 25.1 Å². The van der Waals surface area contributed by atoms with E-state index in [0.717, 1.165) is 47.3 Å². The van der Waals surface area contributed by atoms with Crippen LogP contribution < -0.4 is 9.47 Å². The van der Waals surface area contributed by atoms with Crippen molar-refractivity contribution < 1.29 is 39.0 Å². The molecule has 0 radical (unpaired) electrons. The van der Waals surface area contributed by atoms with E-state index in [-0.39, 0.29) is 62.2 Å². The zero-order chi connectivity index (χ0) is 45.1. The number of thioether (sulfide) groups is 1. The molecule has 336 valence electrons. The number of nitro groups is 1. The maximum Gasteiger partial charge on any atom is 0.269 e. The summed E-state index contributed by atoms with van der Waals surface area (Å²) in [6.07, 6.45) is 13.9. The van der Waals surface area contributed by atoms with Crippen LogP contribution in [0.3, 0.4) is 0 Å². The number of amides is 1. The zero-order valence-electron chi connectivity index (χ0n) is 36.4. The summed E-state index contributed by atoms with van der Waals surface area (Å²) in [4.78, 5) is 34.2. The Labute approximate surface area is 379 Å². The summed E-state index contributed by atoms with van der Waals surface area (Å²) < 4.78 is 20.8. The van der Waals surface area contributed by atoms with E-state index < -0.39 is 22.7 Å². The Hall–Kier alpha value is -5.73. The number of carbonyl (C=O) groups is 1. The predicted octanol–water partition coefficient (Wildman–Crippen LogP) is 10.1. The maximum absolute atomic E-state index is 14.4. The molecule has 6 atom stereocenters. The van der Waals surface area contributed by atoms with Crippen LogP contribution in [0, 0.1) is 27.9 Å². The minimum absolute atomic E-state index is 0.0396. The Morgan fingerprint density at radius 3 is 2.39 bits per heavy atom. The largest absolute Gasteiger partial charge is 0.459 e.